The van der Waals surface area contributed by atoms with Crippen molar-refractivity contribution in [3.05, 3.63) is 48.8 Å². The van der Waals surface area contributed by atoms with Crippen molar-refractivity contribution in [1.29, 1.82) is 0 Å². The summed E-state index contributed by atoms with van der Waals surface area (Å²) in [7, 11) is 0. The second-order valence-electron chi connectivity index (χ2n) is 5.53. The van der Waals surface area contributed by atoms with Crippen LogP contribution in [0, 0.1) is 5.92 Å². The third kappa shape index (κ3) is 3.19. The van der Waals surface area contributed by atoms with Gasteiger partial charge in [-0.3, -0.25) is 0 Å². The Hall–Kier alpha value is -1.70. The number of hydrogen-bond acceptors (Lipinski definition) is 1. The van der Waals surface area contributed by atoms with Crippen molar-refractivity contribution in [2.45, 2.75) is 32.1 Å². The van der Waals surface area contributed by atoms with Gasteiger partial charge >= 0.3 is 0 Å². The lowest BCUT2D eigenvalue weighted by Gasteiger charge is -2.22. The first-order chi connectivity index (χ1) is 9.42. The molecule has 1 aliphatic carbocycles. The second-order valence-corrected chi connectivity index (χ2v) is 5.53. The summed E-state index contributed by atoms with van der Waals surface area (Å²) in [4.78, 5) is 0. The van der Waals surface area contributed by atoms with Crippen molar-refractivity contribution in [3.8, 4) is 5.69 Å². The van der Waals surface area contributed by atoms with Crippen LogP contribution in [0.25, 0.3) is 5.69 Å². The molecule has 0 unspecified atom stereocenters. The zero-order valence-electron chi connectivity index (χ0n) is 11.4. The van der Waals surface area contributed by atoms with Crippen LogP contribution < -0.4 is 5.32 Å². The van der Waals surface area contributed by atoms with Gasteiger partial charge in [-0.05, 0) is 49.1 Å². The van der Waals surface area contributed by atoms with Gasteiger partial charge in [-0.25, -0.2) is 0 Å². The summed E-state index contributed by atoms with van der Waals surface area (Å²) in [5.74, 6) is 0.865. The third-order valence-electron chi connectivity index (χ3n) is 4.07. The zero-order valence-corrected chi connectivity index (χ0v) is 11.4. The molecule has 1 N–H and O–H groups in total. The summed E-state index contributed by atoms with van der Waals surface area (Å²) < 4.78 is 2.14. The van der Waals surface area contributed by atoms with Gasteiger partial charge in [0.25, 0.3) is 0 Å². The Morgan fingerprint density at radius 1 is 1.00 bits per heavy atom. The molecule has 0 radical (unpaired) electrons. The van der Waals surface area contributed by atoms with Crippen LogP contribution in [0.3, 0.4) is 0 Å². The molecule has 3 rings (SSSR count). The van der Waals surface area contributed by atoms with E-state index < -0.39 is 0 Å². The van der Waals surface area contributed by atoms with E-state index in [0.29, 0.717) is 0 Å². The summed E-state index contributed by atoms with van der Waals surface area (Å²) >= 11 is 0. The van der Waals surface area contributed by atoms with Crippen molar-refractivity contribution in [2.75, 3.05) is 11.9 Å². The highest BCUT2D eigenvalue weighted by atomic mass is 14.9. The van der Waals surface area contributed by atoms with Gasteiger partial charge in [0.1, 0.15) is 0 Å². The summed E-state index contributed by atoms with van der Waals surface area (Å²) in [5.41, 5.74) is 2.45. The minimum atomic E-state index is 0.865. The van der Waals surface area contributed by atoms with Gasteiger partial charge in [-0.2, -0.15) is 0 Å². The first-order valence-corrected chi connectivity index (χ1v) is 7.39. The monoisotopic (exact) mass is 254 g/mol. The highest BCUT2D eigenvalue weighted by molar-refractivity contribution is 5.51. The highest BCUT2D eigenvalue weighted by Gasteiger charge is 2.12. The number of aromatic nitrogens is 1. The molecule has 1 aromatic carbocycles. The maximum atomic E-state index is 3.60. The van der Waals surface area contributed by atoms with Crippen LogP contribution in [-0.2, 0) is 0 Å². The number of nitrogens with one attached hydrogen (secondary N) is 1. The van der Waals surface area contributed by atoms with E-state index in [1.165, 1.54) is 43.5 Å². The topological polar surface area (TPSA) is 17.0 Å². The second kappa shape index (κ2) is 5.96. The summed E-state index contributed by atoms with van der Waals surface area (Å²) in [6.45, 7) is 1.12. The number of rotatable bonds is 4. The largest absolute Gasteiger partial charge is 0.385 e. The van der Waals surface area contributed by atoms with Crippen LogP contribution in [0.2, 0.25) is 0 Å². The molecule has 0 bridgehead atoms. The van der Waals surface area contributed by atoms with Crippen molar-refractivity contribution < 1.29 is 0 Å². The van der Waals surface area contributed by atoms with Crippen LogP contribution in [0.1, 0.15) is 32.1 Å². The first-order valence-electron chi connectivity index (χ1n) is 7.39. The van der Waals surface area contributed by atoms with E-state index in [1.807, 2.05) is 0 Å². The Bertz CT molecular complexity index is 496. The number of anilines is 1. The SMILES string of the molecule is c1cc(NCC2CCCCC2)cc(-n2cccc2)c1. The van der Waals surface area contributed by atoms with Gasteiger partial charge in [-0.15, -0.1) is 0 Å². The molecule has 2 nitrogen and oxygen atoms in total. The van der Waals surface area contributed by atoms with E-state index in [4.69, 9.17) is 0 Å². The van der Waals surface area contributed by atoms with Crippen LogP contribution in [0.5, 0.6) is 0 Å². The first kappa shape index (κ1) is 12.3. The van der Waals surface area contributed by atoms with E-state index >= 15 is 0 Å². The molecule has 0 aliphatic heterocycles. The molecule has 0 atom stereocenters. The Morgan fingerprint density at radius 2 is 1.79 bits per heavy atom. The van der Waals surface area contributed by atoms with Crippen molar-refractivity contribution in [3.63, 3.8) is 0 Å². The van der Waals surface area contributed by atoms with Crippen molar-refractivity contribution in [2.24, 2.45) is 5.92 Å². The normalized spacial score (nSPS) is 16.4. The molecule has 0 spiro atoms. The van der Waals surface area contributed by atoms with Gasteiger partial charge in [0.2, 0.25) is 0 Å². The zero-order chi connectivity index (χ0) is 12.9. The van der Waals surface area contributed by atoms with Crippen LogP contribution in [0.4, 0.5) is 5.69 Å². The number of hydrogen-bond donors (Lipinski definition) is 1. The van der Waals surface area contributed by atoms with Gasteiger partial charge in [0.15, 0.2) is 0 Å². The fourth-order valence-corrected chi connectivity index (χ4v) is 2.94. The van der Waals surface area contributed by atoms with E-state index in [0.717, 1.165) is 12.5 Å². The average Bonchev–Trinajstić information content (AvgIpc) is 3.01. The molecule has 1 saturated carbocycles. The van der Waals surface area contributed by atoms with Gasteiger partial charge in [0, 0.05) is 30.3 Å². The molecule has 100 valence electrons. The molecule has 1 fully saturated rings. The molecular formula is C17H22N2. The maximum absolute atomic E-state index is 3.60. The Kier molecular flexibility index (Phi) is 3.87. The predicted octanol–water partition coefficient (Wildman–Crippen LogP) is 4.47. The number of nitrogens with zero attached hydrogens (tertiary/aromatic N) is 1. The van der Waals surface area contributed by atoms with Crippen LogP contribution in [-0.4, -0.2) is 11.1 Å². The van der Waals surface area contributed by atoms with Crippen LogP contribution >= 0.6 is 0 Å². The number of benzene rings is 1. The standard InChI is InChI=1S/C17H22N2/c1-2-7-15(8-3-1)14-18-16-9-6-10-17(13-16)19-11-4-5-12-19/h4-6,9-13,15,18H,1-3,7-8,14H2. The molecule has 0 amide bonds. The maximum Gasteiger partial charge on any atom is 0.0469 e. The molecule has 2 heteroatoms. The predicted molar refractivity (Wildman–Crippen MR) is 80.8 cm³/mol. The molecule has 2 aromatic rings. The quantitative estimate of drug-likeness (QED) is 0.851. The minimum absolute atomic E-state index is 0.865. The molecular weight excluding hydrogens is 232 g/mol. The average molecular weight is 254 g/mol. The van der Waals surface area contributed by atoms with Crippen molar-refractivity contribution in [1.82, 2.24) is 4.57 Å². The minimum Gasteiger partial charge on any atom is -0.385 e. The lowest BCUT2D eigenvalue weighted by Crippen LogP contribution is -2.17. The van der Waals surface area contributed by atoms with Gasteiger partial charge in [-0.1, -0.05) is 25.3 Å². The fraction of sp³-hybridized carbons (Fsp3) is 0.412. The molecule has 1 aromatic heterocycles. The van der Waals surface area contributed by atoms with Gasteiger partial charge < -0.3 is 9.88 Å². The summed E-state index contributed by atoms with van der Waals surface area (Å²) in [5, 5.41) is 3.60. The van der Waals surface area contributed by atoms with Crippen molar-refractivity contribution >= 4 is 5.69 Å². The highest BCUT2D eigenvalue weighted by Crippen LogP contribution is 2.24. The van der Waals surface area contributed by atoms with Gasteiger partial charge in [0.05, 0.1) is 0 Å². The third-order valence-corrected chi connectivity index (χ3v) is 4.07. The van der Waals surface area contributed by atoms with Crippen LogP contribution in [0.15, 0.2) is 48.8 Å². The smallest absolute Gasteiger partial charge is 0.0469 e. The molecule has 19 heavy (non-hydrogen) atoms. The fourth-order valence-electron chi connectivity index (χ4n) is 2.94. The Labute approximate surface area is 115 Å². The van der Waals surface area contributed by atoms with E-state index in [9.17, 15) is 0 Å². The lowest BCUT2D eigenvalue weighted by molar-refractivity contribution is 0.373. The summed E-state index contributed by atoms with van der Waals surface area (Å²) in [6, 6.07) is 12.8. The summed E-state index contributed by atoms with van der Waals surface area (Å²) in [6.07, 6.45) is 11.2. The Morgan fingerprint density at radius 3 is 2.58 bits per heavy atom. The van der Waals surface area contributed by atoms with E-state index in [1.54, 1.807) is 0 Å². The Balaban J connectivity index is 1.63. The molecule has 0 saturated heterocycles. The van der Waals surface area contributed by atoms with E-state index in [-0.39, 0.29) is 0 Å². The lowest BCUT2D eigenvalue weighted by atomic mass is 9.89. The molecule has 1 heterocycles. The molecule has 1 aliphatic rings. The van der Waals surface area contributed by atoms with E-state index in [2.05, 4.69) is 58.7 Å².